The molecule has 1 N–H and O–H groups in total. The van der Waals surface area contributed by atoms with Crippen LogP contribution in [0, 0.1) is 13.8 Å². The number of rotatable bonds is 6. The van der Waals surface area contributed by atoms with Crippen LogP contribution in [-0.4, -0.2) is 25.3 Å². The highest BCUT2D eigenvalue weighted by atomic mass is 16.5. The molecule has 27 heavy (non-hydrogen) atoms. The Kier molecular flexibility index (Phi) is 5.45. The van der Waals surface area contributed by atoms with Crippen LogP contribution >= 0.6 is 0 Å². The molecule has 6 heteroatoms. The molecule has 0 unspecified atom stereocenters. The molecule has 0 fully saturated rings. The molecule has 0 saturated carbocycles. The van der Waals surface area contributed by atoms with Gasteiger partial charge in [-0.05, 0) is 37.1 Å². The highest BCUT2D eigenvalue weighted by Gasteiger charge is 2.22. The molecule has 0 aliphatic rings. The van der Waals surface area contributed by atoms with E-state index in [1.165, 1.54) is 0 Å². The Hall–Kier alpha value is -3.28. The highest BCUT2D eigenvalue weighted by molar-refractivity contribution is 6.00. The van der Waals surface area contributed by atoms with Crippen molar-refractivity contribution >= 4 is 5.91 Å². The molecule has 0 aliphatic carbocycles. The van der Waals surface area contributed by atoms with E-state index in [1.807, 2.05) is 31.2 Å². The van der Waals surface area contributed by atoms with Gasteiger partial charge in [0, 0.05) is 18.2 Å². The first-order valence-corrected chi connectivity index (χ1v) is 8.56. The van der Waals surface area contributed by atoms with Crippen molar-refractivity contribution in [2.75, 3.05) is 14.2 Å². The van der Waals surface area contributed by atoms with Crippen LogP contribution in [-0.2, 0) is 6.54 Å². The first-order valence-electron chi connectivity index (χ1n) is 8.56. The molecular formula is C21H22N2O4. The summed E-state index contributed by atoms with van der Waals surface area (Å²) in [5, 5.41) is 6.93. The van der Waals surface area contributed by atoms with Crippen molar-refractivity contribution in [2.24, 2.45) is 0 Å². The molecule has 6 nitrogen and oxygen atoms in total. The van der Waals surface area contributed by atoms with Crippen LogP contribution < -0.4 is 14.8 Å². The topological polar surface area (TPSA) is 73.6 Å². The predicted molar refractivity (Wildman–Crippen MR) is 102 cm³/mol. The van der Waals surface area contributed by atoms with E-state index < -0.39 is 0 Å². The van der Waals surface area contributed by atoms with Crippen molar-refractivity contribution in [1.82, 2.24) is 10.5 Å². The second-order valence-corrected chi connectivity index (χ2v) is 6.18. The predicted octanol–water partition coefficient (Wildman–Crippen LogP) is 3.91. The fourth-order valence-corrected chi connectivity index (χ4v) is 2.85. The Bertz CT molecular complexity index is 940. The zero-order valence-corrected chi connectivity index (χ0v) is 15.8. The number of hydrogen-bond acceptors (Lipinski definition) is 5. The van der Waals surface area contributed by atoms with Gasteiger partial charge in [0.1, 0.15) is 17.1 Å². The summed E-state index contributed by atoms with van der Waals surface area (Å²) in [4.78, 5) is 12.8. The lowest BCUT2D eigenvalue weighted by Gasteiger charge is -2.10. The average Bonchev–Trinajstić information content (AvgIpc) is 3.08. The molecule has 1 heterocycles. The van der Waals surface area contributed by atoms with Gasteiger partial charge in [-0.25, -0.2) is 0 Å². The number of hydrogen-bond donors (Lipinski definition) is 1. The average molecular weight is 366 g/mol. The van der Waals surface area contributed by atoms with Crippen LogP contribution in [0.15, 0.2) is 47.0 Å². The normalized spacial score (nSPS) is 10.5. The summed E-state index contributed by atoms with van der Waals surface area (Å²) in [6, 6.07) is 13.2. The number of nitrogens with zero attached hydrogens (tertiary/aromatic N) is 1. The molecule has 0 radical (unpaired) electrons. The van der Waals surface area contributed by atoms with Gasteiger partial charge in [0.2, 0.25) is 0 Å². The number of aromatic nitrogens is 1. The van der Waals surface area contributed by atoms with Gasteiger partial charge in [0.25, 0.3) is 5.91 Å². The van der Waals surface area contributed by atoms with E-state index >= 15 is 0 Å². The van der Waals surface area contributed by atoms with Gasteiger partial charge < -0.3 is 19.3 Å². The van der Waals surface area contributed by atoms with Gasteiger partial charge in [-0.15, -0.1) is 0 Å². The largest absolute Gasteiger partial charge is 0.497 e. The maximum atomic E-state index is 12.8. The molecule has 0 saturated heterocycles. The summed E-state index contributed by atoms with van der Waals surface area (Å²) in [6.07, 6.45) is 0. The van der Waals surface area contributed by atoms with E-state index in [9.17, 15) is 4.79 Å². The number of ether oxygens (including phenoxy) is 2. The van der Waals surface area contributed by atoms with Gasteiger partial charge in [-0.3, -0.25) is 4.79 Å². The van der Waals surface area contributed by atoms with Crippen molar-refractivity contribution in [1.29, 1.82) is 0 Å². The minimum absolute atomic E-state index is 0.242. The molecule has 0 atom stereocenters. The van der Waals surface area contributed by atoms with Crippen molar-refractivity contribution < 1.29 is 18.8 Å². The quantitative estimate of drug-likeness (QED) is 0.716. The third kappa shape index (κ3) is 3.95. The molecular weight excluding hydrogens is 344 g/mol. The molecule has 0 bridgehead atoms. The van der Waals surface area contributed by atoms with E-state index in [-0.39, 0.29) is 5.91 Å². The van der Waals surface area contributed by atoms with Gasteiger partial charge in [-0.1, -0.05) is 29.4 Å². The van der Waals surface area contributed by atoms with Gasteiger partial charge in [0.15, 0.2) is 5.76 Å². The van der Waals surface area contributed by atoms with Gasteiger partial charge in [0.05, 0.1) is 19.9 Å². The van der Waals surface area contributed by atoms with Crippen molar-refractivity contribution in [3.63, 3.8) is 0 Å². The first kappa shape index (κ1) is 18.5. The number of aryl methyl sites for hydroxylation is 2. The number of carbonyl (C=O) groups is 1. The molecule has 1 amide bonds. The third-order valence-electron chi connectivity index (χ3n) is 4.40. The van der Waals surface area contributed by atoms with Crippen molar-refractivity contribution in [3.8, 4) is 22.8 Å². The highest BCUT2D eigenvalue weighted by Crippen LogP contribution is 2.33. The number of carbonyl (C=O) groups excluding carboxylic acids is 1. The van der Waals surface area contributed by atoms with E-state index in [0.29, 0.717) is 40.6 Å². The van der Waals surface area contributed by atoms with E-state index in [4.69, 9.17) is 14.0 Å². The fraction of sp³-hybridized carbons (Fsp3) is 0.238. The van der Waals surface area contributed by atoms with E-state index in [0.717, 1.165) is 11.1 Å². The van der Waals surface area contributed by atoms with E-state index in [1.54, 1.807) is 39.3 Å². The summed E-state index contributed by atoms with van der Waals surface area (Å²) < 4.78 is 16.1. The number of nitrogens with one attached hydrogen (secondary N) is 1. The van der Waals surface area contributed by atoms with Crippen LogP contribution in [0.25, 0.3) is 11.3 Å². The number of benzene rings is 2. The molecule has 1 aromatic heterocycles. The molecule has 3 rings (SSSR count). The Morgan fingerprint density at radius 2 is 1.74 bits per heavy atom. The van der Waals surface area contributed by atoms with Crippen LogP contribution in [0.5, 0.6) is 11.5 Å². The number of amides is 1. The van der Waals surface area contributed by atoms with E-state index in [2.05, 4.69) is 10.5 Å². The lowest BCUT2D eigenvalue weighted by molar-refractivity contribution is 0.0950. The minimum Gasteiger partial charge on any atom is -0.497 e. The Morgan fingerprint density at radius 1 is 1.07 bits per heavy atom. The third-order valence-corrected chi connectivity index (χ3v) is 4.40. The van der Waals surface area contributed by atoms with Gasteiger partial charge in [-0.2, -0.15) is 0 Å². The first-order chi connectivity index (χ1) is 13.0. The second-order valence-electron chi connectivity index (χ2n) is 6.18. The molecule has 140 valence electrons. The zero-order valence-electron chi connectivity index (χ0n) is 15.8. The molecule has 0 aliphatic heterocycles. The summed E-state index contributed by atoms with van der Waals surface area (Å²) in [5.41, 5.74) is 3.77. The SMILES string of the molecule is COc1cc(OC)cc(-c2onc(C)c2C(=O)NCc2ccccc2C)c1. The summed E-state index contributed by atoms with van der Waals surface area (Å²) >= 11 is 0. The maximum Gasteiger partial charge on any atom is 0.257 e. The minimum atomic E-state index is -0.242. The van der Waals surface area contributed by atoms with Crippen molar-refractivity contribution in [3.05, 3.63) is 64.8 Å². The molecule has 0 spiro atoms. The summed E-state index contributed by atoms with van der Waals surface area (Å²) in [7, 11) is 3.14. The smallest absolute Gasteiger partial charge is 0.257 e. The summed E-state index contributed by atoms with van der Waals surface area (Å²) in [6.45, 7) is 4.18. The number of methoxy groups -OCH3 is 2. The standard InChI is InChI=1S/C21H22N2O4/c1-13-7-5-6-8-15(13)12-22-21(24)19-14(2)23-27-20(19)16-9-17(25-3)11-18(10-16)26-4/h5-11H,12H2,1-4H3,(H,22,24). The maximum absolute atomic E-state index is 12.8. The van der Waals surface area contributed by atoms with Crippen molar-refractivity contribution in [2.45, 2.75) is 20.4 Å². The summed E-state index contributed by atoms with van der Waals surface area (Å²) in [5.74, 6) is 1.34. The van der Waals surface area contributed by atoms with Crippen LogP contribution in [0.2, 0.25) is 0 Å². The van der Waals surface area contributed by atoms with Crippen LogP contribution in [0.1, 0.15) is 27.2 Å². The Morgan fingerprint density at radius 3 is 2.37 bits per heavy atom. The second kappa shape index (κ2) is 7.95. The molecule has 2 aromatic carbocycles. The van der Waals surface area contributed by atoms with Crippen LogP contribution in [0.4, 0.5) is 0 Å². The Balaban J connectivity index is 1.91. The molecule has 3 aromatic rings. The fourth-order valence-electron chi connectivity index (χ4n) is 2.85. The lowest BCUT2D eigenvalue weighted by Crippen LogP contribution is -2.24. The zero-order chi connectivity index (χ0) is 19.4. The Labute approximate surface area is 158 Å². The lowest BCUT2D eigenvalue weighted by atomic mass is 10.0. The monoisotopic (exact) mass is 366 g/mol. The van der Waals surface area contributed by atoms with Gasteiger partial charge >= 0.3 is 0 Å². The van der Waals surface area contributed by atoms with Crippen LogP contribution in [0.3, 0.4) is 0 Å².